The molecule has 0 aromatic rings. The van der Waals surface area contributed by atoms with Crippen LogP contribution in [0.3, 0.4) is 0 Å². The van der Waals surface area contributed by atoms with Gasteiger partial charge in [-0.15, -0.1) is 0 Å². The van der Waals surface area contributed by atoms with E-state index in [9.17, 15) is 4.79 Å². The van der Waals surface area contributed by atoms with Crippen molar-refractivity contribution in [2.45, 2.75) is 40.2 Å². The highest BCUT2D eigenvalue weighted by Crippen LogP contribution is 2.09. The molecule has 0 aromatic carbocycles. The van der Waals surface area contributed by atoms with Gasteiger partial charge in [-0.1, -0.05) is 0 Å². The first-order valence-corrected chi connectivity index (χ1v) is 4.36. The fourth-order valence-electron chi connectivity index (χ4n) is 0.598. The van der Waals surface area contributed by atoms with E-state index >= 15 is 0 Å². The Hall–Kier alpha value is -1.08. The lowest BCUT2D eigenvalue weighted by molar-refractivity contribution is -0.149. The minimum atomic E-state index is -0.452. The molecule has 0 radical (unpaired) electrons. The average molecular weight is 183 g/mol. The number of carbonyl (C=O) groups is 1. The van der Waals surface area contributed by atoms with Gasteiger partial charge in [0.25, 0.3) is 0 Å². The van der Waals surface area contributed by atoms with Crippen LogP contribution >= 0.6 is 0 Å². The Morgan fingerprint density at radius 1 is 1.46 bits per heavy atom. The molecule has 0 unspecified atom stereocenters. The van der Waals surface area contributed by atoms with Crippen molar-refractivity contribution in [2.24, 2.45) is 4.99 Å². The van der Waals surface area contributed by atoms with Crippen LogP contribution in [0.15, 0.2) is 10.6 Å². The lowest BCUT2D eigenvalue weighted by atomic mass is 10.2. The molecule has 0 atom stereocenters. The van der Waals surface area contributed by atoms with Crippen molar-refractivity contribution in [3.63, 3.8) is 0 Å². The van der Waals surface area contributed by atoms with E-state index in [-0.39, 0.29) is 5.97 Å². The normalized spacial score (nSPS) is 10.2. The van der Waals surface area contributed by atoms with Gasteiger partial charge < -0.3 is 4.74 Å². The maximum absolute atomic E-state index is 11.3. The summed E-state index contributed by atoms with van der Waals surface area (Å²) in [4.78, 5) is 15.1. The molecule has 3 heteroatoms. The smallest absolute Gasteiger partial charge is 0.343 e. The number of aliphatic imine (C=N–C) groups is 1. The maximum Gasteiger partial charge on any atom is 0.343 e. The van der Waals surface area contributed by atoms with Crippen LogP contribution in [0.2, 0.25) is 0 Å². The molecule has 0 rings (SSSR count). The van der Waals surface area contributed by atoms with Crippen LogP contribution in [0, 0.1) is 0 Å². The van der Waals surface area contributed by atoms with Gasteiger partial charge in [0.2, 0.25) is 0 Å². The highest BCUT2D eigenvalue weighted by molar-refractivity contribution is 5.97. The first kappa shape index (κ1) is 11.9. The first-order chi connectivity index (χ1) is 5.87. The lowest BCUT2D eigenvalue weighted by Gasteiger charge is -2.18. The largest absolute Gasteiger partial charge is 0.456 e. The molecule has 13 heavy (non-hydrogen) atoms. The number of hydrogen-bond donors (Lipinski definition) is 0. The van der Waals surface area contributed by atoms with Gasteiger partial charge in [0.05, 0.1) is 5.57 Å². The van der Waals surface area contributed by atoms with E-state index in [1.165, 1.54) is 0 Å². The fraction of sp³-hybridized carbons (Fsp3) is 0.700. The summed E-state index contributed by atoms with van der Waals surface area (Å²) in [6.07, 6.45) is 0. The van der Waals surface area contributed by atoms with Crippen molar-refractivity contribution >= 4 is 11.8 Å². The number of nitrogens with zero attached hydrogens (tertiary/aromatic N) is 1. The molecule has 0 fully saturated rings. The van der Waals surface area contributed by atoms with Gasteiger partial charge in [0.15, 0.2) is 0 Å². The third-order valence-electron chi connectivity index (χ3n) is 1.11. The minimum Gasteiger partial charge on any atom is -0.456 e. The van der Waals surface area contributed by atoms with Gasteiger partial charge in [-0.2, -0.15) is 0 Å². The van der Waals surface area contributed by atoms with Crippen molar-refractivity contribution in [1.82, 2.24) is 0 Å². The van der Waals surface area contributed by atoms with Gasteiger partial charge in [-0.3, -0.25) is 0 Å². The lowest BCUT2D eigenvalue weighted by Crippen LogP contribution is -2.24. The Kier molecular flexibility index (Phi) is 4.43. The number of esters is 1. The second kappa shape index (κ2) is 4.83. The van der Waals surface area contributed by atoms with E-state index in [1.54, 1.807) is 6.92 Å². The van der Waals surface area contributed by atoms with Crippen LogP contribution in [-0.4, -0.2) is 24.0 Å². The molecule has 0 N–H and O–H groups in total. The van der Waals surface area contributed by atoms with Crippen LogP contribution in [0.25, 0.3) is 0 Å². The summed E-state index contributed by atoms with van der Waals surface area (Å²) in [6, 6.07) is 0. The number of ether oxygens (including phenoxy) is 1. The molecule has 0 aromatic heterocycles. The summed E-state index contributed by atoms with van der Waals surface area (Å²) in [6.45, 7) is 9.64. The Morgan fingerprint density at radius 2 is 2.00 bits per heavy atom. The Morgan fingerprint density at radius 3 is 2.38 bits per heavy atom. The van der Waals surface area contributed by atoms with Crippen LogP contribution in [0.4, 0.5) is 0 Å². The molecule has 0 heterocycles. The summed E-state index contributed by atoms with van der Waals surface area (Å²) in [7, 11) is 0. The number of rotatable bonds is 2. The third kappa shape index (κ3) is 6.12. The van der Waals surface area contributed by atoms with E-state index in [1.807, 2.05) is 27.7 Å². The molecule has 0 amide bonds. The van der Waals surface area contributed by atoms with Crippen LogP contribution in [0.5, 0.6) is 0 Å². The maximum atomic E-state index is 11.3. The van der Waals surface area contributed by atoms with E-state index in [0.717, 1.165) is 0 Å². The number of carbonyl (C=O) groups excluding carboxylic acids is 1. The third-order valence-corrected chi connectivity index (χ3v) is 1.11. The molecule has 0 spiro atoms. The minimum absolute atomic E-state index is 0.357. The first-order valence-electron chi connectivity index (χ1n) is 4.36. The van der Waals surface area contributed by atoms with Crippen molar-refractivity contribution in [3.05, 3.63) is 5.57 Å². The summed E-state index contributed by atoms with van der Waals surface area (Å²) >= 11 is 0. The molecule has 74 valence electrons. The van der Waals surface area contributed by atoms with E-state index in [0.29, 0.717) is 12.1 Å². The SMILES string of the molecule is CCN=C=C(C)C(=O)OC(C)(C)C. The molecule has 0 saturated heterocycles. The van der Waals surface area contributed by atoms with Crippen LogP contribution in [-0.2, 0) is 9.53 Å². The molecule has 0 aliphatic carbocycles. The van der Waals surface area contributed by atoms with Crippen molar-refractivity contribution in [2.75, 3.05) is 6.54 Å². The second-order valence-corrected chi connectivity index (χ2v) is 3.71. The van der Waals surface area contributed by atoms with Gasteiger partial charge >= 0.3 is 5.97 Å². The zero-order valence-corrected chi connectivity index (χ0v) is 8.97. The van der Waals surface area contributed by atoms with Crippen molar-refractivity contribution in [3.8, 4) is 0 Å². The van der Waals surface area contributed by atoms with Crippen molar-refractivity contribution < 1.29 is 9.53 Å². The monoisotopic (exact) mass is 183 g/mol. The average Bonchev–Trinajstić information content (AvgIpc) is 1.96. The molecular formula is C10H17NO2. The van der Waals surface area contributed by atoms with Gasteiger partial charge in [-0.05, 0) is 40.5 Å². The van der Waals surface area contributed by atoms with Gasteiger partial charge in [0, 0.05) is 6.54 Å². The highest BCUT2D eigenvalue weighted by atomic mass is 16.6. The zero-order chi connectivity index (χ0) is 10.5. The summed E-state index contributed by atoms with van der Waals surface area (Å²) in [5.41, 5.74) is -0.0385. The second-order valence-electron chi connectivity index (χ2n) is 3.71. The summed E-state index contributed by atoms with van der Waals surface area (Å²) in [5, 5.41) is 0. The molecule has 3 nitrogen and oxygen atoms in total. The molecule has 0 aliphatic heterocycles. The summed E-state index contributed by atoms with van der Waals surface area (Å²) in [5.74, 6) is 2.27. The Bertz CT molecular complexity index is 242. The van der Waals surface area contributed by atoms with Gasteiger partial charge in [0.1, 0.15) is 5.60 Å². The van der Waals surface area contributed by atoms with E-state index in [4.69, 9.17) is 4.74 Å². The van der Waals surface area contributed by atoms with Gasteiger partial charge in [-0.25, -0.2) is 9.79 Å². The Labute approximate surface area is 79.5 Å². The molecule has 0 saturated carbocycles. The van der Waals surface area contributed by atoms with E-state index in [2.05, 4.69) is 10.9 Å². The Balaban J connectivity index is 4.37. The zero-order valence-electron chi connectivity index (χ0n) is 8.97. The quantitative estimate of drug-likeness (QED) is 0.373. The van der Waals surface area contributed by atoms with Crippen molar-refractivity contribution in [1.29, 1.82) is 0 Å². The number of hydrogen-bond acceptors (Lipinski definition) is 3. The fourth-order valence-corrected chi connectivity index (χ4v) is 0.598. The topological polar surface area (TPSA) is 38.7 Å². The van der Waals surface area contributed by atoms with Crippen LogP contribution < -0.4 is 0 Å². The molecule has 0 bridgehead atoms. The van der Waals surface area contributed by atoms with Crippen LogP contribution in [0.1, 0.15) is 34.6 Å². The molecule has 0 aliphatic rings. The summed E-state index contributed by atoms with van der Waals surface area (Å²) < 4.78 is 5.10. The highest BCUT2D eigenvalue weighted by Gasteiger charge is 2.17. The predicted octanol–water partition coefficient (Wildman–Crippen LogP) is 1.96. The predicted molar refractivity (Wildman–Crippen MR) is 53.0 cm³/mol. The molecular weight excluding hydrogens is 166 g/mol. The standard InChI is InChI=1S/C10H17NO2/c1-6-11-7-8(2)9(12)13-10(3,4)5/h6H2,1-5H3. The van der Waals surface area contributed by atoms with E-state index < -0.39 is 5.60 Å².